The van der Waals surface area contributed by atoms with Gasteiger partial charge in [0, 0.05) is 6.04 Å². The molecule has 3 N–H and O–H groups in total. The Kier molecular flexibility index (Phi) is 4.55. The van der Waals surface area contributed by atoms with Crippen LogP contribution in [0.1, 0.15) is 39.5 Å². The first-order valence-electron chi connectivity index (χ1n) is 5.68. The molecule has 15 heavy (non-hydrogen) atoms. The van der Waals surface area contributed by atoms with Crippen molar-refractivity contribution in [1.82, 2.24) is 4.72 Å². The minimum absolute atomic E-state index is 0.0689. The molecule has 1 aliphatic carbocycles. The summed E-state index contributed by atoms with van der Waals surface area (Å²) in [6.45, 7) is 4.35. The van der Waals surface area contributed by atoms with Crippen LogP contribution in [0.4, 0.5) is 0 Å². The molecule has 0 radical (unpaired) electrons. The topological polar surface area (TPSA) is 72.2 Å². The van der Waals surface area contributed by atoms with E-state index in [1.807, 2.05) is 13.8 Å². The van der Waals surface area contributed by atoms with Gasteiger partial charge < -0.3 is 5.73 Å². The van der Waals surface area contributed by atoms with Gasteiger partial charge in [-0.3, -0.25) is 0 Å². The summed E-state index contributed by atoms with van der Waals surface area (Å²) in [5.74, 6) is 0.182. The Morgan fingerprint density at radius 2 is 1.87 bits per heavy atom. The van der Waals surface area contributed by atoms with Crippen LogP contribution in [0, 0.1) is 5.92 Å². The van der Waals surface area contributed by atoms with Crippen molar-refractivity contribution in [3.8, 4) is 0 Å². The van der Waals surface area contributed by atoms with Gasteiger partial charge in [-0.1, -0.05) is 19.8 Å². The normalized spacial score (nSPS) is 22.9. The molecular weight excluding hydrogens is 212 g/mol. The highest BCUT2D eigenvalue weighted by atomic mass is 32.2. The van der Waals surface area contributed by atoms with Gasteiger partial charge in [0.1, 0.15) is 0 Å². The molecular formula is C10H22N2O2S. The lowest BCUT2D eigenvalue weighted by atomic mass is 10.1. The predicted octanol–water partition coefficient (Wildman–Crippen LogP) is 0.832. The average Bonchev–Trinajstić information content (AvgIpc) is 2.69. The van der Waals surface area contributed by atoms with E-state index < -0.39 is 10.0 Å². The predicted molar refractivity (Wildman–Crippen MR) is 62.0 cm³/mol. The van der Waals surface area contributed by atoms with E-state index in [0.717, 1.165) is 25.7 Å². The third-order valence-corrected chi connectivity index (χ3v) is 5.37. The second-order valence-corrected chi connectivity index (χ2v) is 6.56. The van der Waals surface area contributed by atoms with E-state index in [1.165, 1.54) is 0 Å². The fourth-order valence-corrected chi connectivity index (χ4v) is 3.77. The second-order valence-electron chi connectivity index (χ2n) is 4.57. The molecule has 1 saturated carbocycles. The Hall–Kier alpha value is -0.130. The van der Waals surface area contributed by atoms with Crippen LogP contribution in [-0.4, -0.2) is 26.3 Å². The summed E-state index contributed by atoms with van der Waals surface area (Å²) in [5.41, 5.74) is 5.51. The summed E-state index contributed by atoms with van der Waals surface area (Å²) in [4.78, 5) is 0. The number of hydrogen-bond donors (Lipinski definition) is 2. The van der Waals surface area contributed by atoms with Crippen LogP contribution in [0.5, 0.6) is 0 Å². The maximum atomic E-state index is 11.9. The van der Waals surface area contributed by atoms with Gasteiger partial charge in [-0.05, 0) is 32.2 Å². The third kappa shape index (κ3) is 3.43. The molecule has 5 heteroatoms. The van der Waals surface area contributed by atoms with E-state index in [0.29, 0.717) is 6.54 Å². The molecule has 0 aromatic carbocycles. The maximum absolute atomic E-state index is 11.9. The standard InChI is InChI=1S/C10H22N2O2S/c1-8(7-11)9(2)12-15(13,14)10-5-3-4-6-10/h8-10,12H,3-7,11H2,1-2H3. The van der Waals surface area contributed by atoms with Crippen molar-refractivity contribution in [2.45, 2.75) is 50.8 Å². The minimum Gasteiger partial charge on any atom is -0.330 e. The highest BCUT2D eigenvalue weighted by Gasteiger charge is 2.30. The average molecular weight is 234 g/mol. The van der Waals surface area contributed by atoms with E-state index >= 15 is 0 Å². The Morgan fingerprint density at radius 1 is 1.33 bits per heavy atom. The monoisotopic (exact) mass is 234 g/mol. The first-order chi connectivity index (χ1) is 6.97. The Balaban J connectivity index is 2.55. The molecule has 0 spiro atoms. The summed E-state index contributed by atoms with van der Waals surface area (Å²) < 4.78 is 26.6. The van der Waals surface area contributed by atoms with Crippen LogP contribution in [0.15, 0.2) is 0 Å². The summed E-state index contributed by atoms with van der Waals surface area (Å²) in [6, 6.07) is -0.0689. The third-order valence-electron chi connectivity index (χ3n) is 3.32. The smallest absolute Gasteiger partial charge is 0.214 e. The lowest BCUT2D eigenvalue weighted by Gasteiger charge is -2.22. The quantitative estimate of drug-likeness (QED) is 0.740. The summed E-state index contributed by atoms with van der Waals surface area (Å²) >= 11 is 0. The van der Waals surface area contributed by atoms with Crippen molar-refractivity contribution in [3.63, 3.8) is 0 Å². The molecule has 0 saturated heterocycles. The largest absolute Gasteiger partial charge is 0.330 e. The highest BCUT2D eigenvalue weighted by molar-refractivity contribution is 7.90. The lowest BCUT2D eigenvalue weighted by Crippen LogP contribution is -2.43. The zero-order valence-corrected chi connectivity index (χ0v) is 10.4. The molecule has 0 aromatic rings. The zero-order valence-electron chi connectivity index (χ0n) is 9.57. The van der Waals surface area contributed by atoms with Crippen molar-refractivity contribution in [2.75, 3.05) is 6.54 Å². The van der Waals surface area contributed by atoms with Crippen LogP contribution in [0.2, 0.25) is 0 Å². The molecule has 2 atom stereocenters. The number of hydrogen-bond acceptors (Lipinski definition) is 3. The number of nitrogens with one attached hydrogen (secondary N) is 1. The highest BCUT2D eigenvalue weighted by Crippen LogP contribution is 2.24. The van der Waals surface area contributed by atoms with E-state index in [4.69, 9.17) is 5.73 Å². The van der Waals surface area contributed by atoms with Gasteiger partial charge in [-0.2, -0.15) is 0 Å². The summed E-state index contributed by atoms with van der Waals surface area (Å²) in [6.07, 6.45) is 3.68. The van der Waals surface area contributed by atoms with Crippen molar-refractivity contribution in [2.24, 2.45) is 11.7 Å². The van der Waals surface area contributed by atoms with E-state index in [1.54, 1.807) is 0 Å². The molecule has 0 heterocycles. The Bertz CT molecular complexity index is 284. The summed E-state index contributed by atoms with van der Waals surface area (Å²) in [7, 11) is -3.12. The first kappa shape index (κ1) is 12.9. The number of sulfonamides is 1. The fraction of sp³-hybridized carbons (Fsp3) is 1.00. The molecule has 1 rings (SSSR count). The molecule has 2 unspecified atom stereocenters. The molecule has 90 valence electrons. The molecule has 0 aromatic heterocycles. The van der Waals surface area contributed by atoms with Crippen LogP contribution >= 0.6 is 0 Å². The molecule has 0 bridgehead atoms. The van der Waals surface area contributed by atoms with Gasteiger partial charge in [0.25, 0.3) is 0 Å². The maximum Gasteiger partial charge on any atom is 0.214 e. The minimum atomic E-state index is -3.12. The van der Waals surface area contributed by atoms with Gasteiger partial charge in [0.05, 0.1) is 5.25 Å². The van der Waals surface area contributed by atoms with Gasteiger partial charge in [0.15, 0.2) is 0 Å². The van der Waals surface area contributed by atoms with Gasteiger partial charge >= 0.3 is 0 Å². The number of nitrogens with two attached hydrogens (primary N) is 1. The first-order valence-corrected chi connectivity index (χ1v) is 7.23. The molecule has 1 aliphatic rings. The molecule has 0 aliphatic heterocycles. The fourth-order valence-electron chi connectivity index (χ4n) is 1.87. The molecule has 0 amide bonds. The number of rotatable bonds is 5. The van der Waals surface area contributed by atoms with Crippen molar-refractivity contribution < 1.29 is 8.42 Å². The van der Waals surface area contributed by atoms with Gasteiger partial charge in [-0.15, -0.1) is 0 Å². The van der Waals surface area contributed by atoms with Crippen LogP contribution in [0.25, 0.3) is 0 Å². The van der Waals surface area contributed by atoms with E-state index in [-0.39, 0.29) is 17.2 Å². The Labute approximate surface area is 92.7 Å². The lowest BCUT2D eigenvalue weighted by molar-refractivity contribution is 0.449. The SMILES string of the molecule is CC(CN)C(C)NS(=O)(=O)C1CCCC1. The molecule has 4 nitrogen and oxygen atoms in total. The van der Waals surface area contributed by atoms with Gasteiger partial charge in [-0.25, -0.2) is 13.1 Å². The van der Waals surface area contributed by atoms with E-state index in [9.17, 15) is 8.42 Å². The second kappa shape index (κ2) is 5.27. The zero-order chi connectivity index (χ0) is 11.5. The Morgan fingerprint density at radius 3 is 2.33 bits per heavy atom. The summed E-state index contributed by atoms with van der Waals surface area (Å²) in [5, 5.41) is -0.176. The van der Waals surface area contributed by atoms with Crippen LogP contribution in [-0.2, 0) is 10.0 Å². The van der Waals surface area contributed by atoms with Gasteiger partial charge in [0.2, 0.25) is 10.0 Å². The van der Waals surface area contributed by atoms with E-state index in [2.05, 4.69) is 4.72 Å². The van der Waals surface area contributed by atoms with Crippen LogP contribution < -0.4 is 10.5 Å². The van der Waals surface area contributed by atoms with Crippen molar-refractivity contribution in [1.29, 1.82) is 0 Å². The van der Waals surface area contributed by atoms with Crippen molar-refractivity contribution in [3.05, 3.63) is 0 Å². The van der Waals surface area contributed by atoms with Crippen molar-refractivity contribution >= 4 is 10.0 Å². The molecule has 1 fully saturated rings. The van der Waals surface area contributed by atoms with Crippen LogP contribution in [0.3, 0.4) is 0 Å².